The predicted octanol–water partition coefficient (Wildman–Crippen LogP) is 2.77. The molecular weight excluding hydrogens is 295 g/mol. The first kappa shape index (κ1) is 12.6. The Morgan fingerprint density at radius 3 is 3.11 bits per heavy atom. The van der Waals surface area contributed by atoms with Crippen LogP contribution >= 0.6 is 15.9 Å². The second-order valence-electron chi connectivity index (χ2n) is 5.35. The van der Waals surface area contributed by atoms with E-state index in [1.165, 1.54) is 18.4 Å². The van der Waals surface area contributed by atoms with Crippen LogP contribution < -0.4 is 5.32 Å². The summed E-state index contributed by atoms with van der Waals surface area (Å²) in [7, 11) is 0. The zero-order valence-corrected chi connectivity index (χ0v) is 11.9. The number of rotatable bonds is 2. The summed E-state index contributed by atoms with van der Waals surface area (Å²) in [5.41, 5.74) is 1.19. The highest BCUT2D eigenvalue weighted by Crippen LogP contribution is 2.28. The fourth-order valence-electron chi connectivity index (χ4n) is 3.23. The highest BCUT2D eigenvalue weighted by atomic mass is 79.9. The Bertz CT molecular complexity index is 438. The van der Waals surface area contributed by atoms with E-state index in [0.29, 0.717) is 10.5 Å². The molecule has 2 aliphatic heterocycles. The quantitative estimate of drug-likeness (QED) is 0.903. The summed E-state index contributed by atoms with van der Waals surface area (Å²) in [4.78, 5) is 2.55. The van der Waals surface area contributed by atoms with Crippen molar-refractivity contribution in [2.45, 2.75) is 25.4 Å². The summed E-state index contributed by atoms with van der Waals surface area (Å²) in [6, 6.07) is 6.02. The molecular formula is C14H18BrFN2. The summed E-state index contributed by atoms with van der Waals surface area (Å²) in [5.74, 6) is 0.625. The van der Waals surface area contributed by atoms with E-state index in [4.69, 9.17) is 0 Å². The summed E-state index contributed by atoms with van der Waals surface area (Å²) < 4.78 is 13.8. The van der Waals surface area contributed by atoms with Gasteiger partial charge in [0.1, 0.15) is 5.82 Å². The van der Waals surface area contributed by atoms with Gasteiger partial charge < -0.3 is 5.32 Å². The molecule has 2 heterocycles. The van der Waals surface area contributed by atoms with Crippen LogP contribution in [0.3, 0.4) is 0 Å². The number of hydrogen-bond acceptors (Lipinski definition) is 2. The molecule has 2 unspecified atom stereocenters. The Morgan fingerprint density at radius 1 is 1.39 bits per heavy atom. The van der Waals surface area contributed by atoms with Crippen molar-refractivity contribution in [3.05, 3.63) is 34.1 Å². The Balaban J connectivity index is 1.73. The number of likely N-dealkylation sites (tertiary alicyclic amines) is 1. The number of hydrogen-bond donors (Lipinski definition) is 1. The maximum absolute atomic E-state index is 13.2. The summed E-state index contributed by atoms with van der Waals surface area (Å²) in [5, 5.41) is 3.49. The van der Waals surface area contributed by atoms with Gasteiger partial charge in [0.2, 0.25) is 0 Å². The molecule has 0 bridgehead atoms. The molecule has 0 saturated carbocycles. The van der Waals surface area contributed by atoms with Crippen LogP contribution in [0.1, 0.15) is 18.4 Å². The van der Waals surface area contributed by atoms with Crippen molar-refractivity contribution in [2.24, 2.45) is 5.92 Å². The van der Waals surface area contributed by atoms with Gasteiger partial charge in [0.15, 0.2) is 0 Å². The van der Waals surface area contributed by atoms with Crippen LogP contribution in [-0.4, -0.2) is 30.6 Å². The van der Waals surface area contributed by atoms with Crippen LogP contribution in [0.15, 0.2) is 22.7 Å². The van der Waals surface area contributed by atoms with E-state index >= 15 is 0 Å². The van der Waals surface area contributed by atoms with Crippen molar-refractivity contribution < 1.29 is 4.39 Å². The van der Waals surface area contributed by atoms with Crippen LogP contribution in [-0.2, 0) is 6.54 Å². The molecule has 0 aliphatic carbocycles. The fourth-order valence-corrected chi connectivity index (χ4v) is 3.66. The summed E-state index contributed by atoms with van der Waals surface area (Å²) in [6.07, 6.45) is 2.63. The Hall–Kier alpha value is -0.450. The lowest BCUT2D eigenvalue weighted by atomic mass is 9.91. The predicted molar refractivity (Wildman–Crippen MR) is 73.9 cm³/mol. The molecule has 18 heavy (non-hydrogen) atoms. The van der Waals surface area contributed by atoms with Crippen LogP contribution in [0.4, 0.5) is 4.39 Å². The molecule has 1 aromatic carbocycles. The molecule has 0 spiro atoms. The highest BCUT2D eigenvalue weighted by Gasteiger charge is 2.34. The SMILES string of the molecule is Fc1ccc(CN2CCCC3CNCC32)cc1Br. The Kier molecular flexibility index (Phi) is 3.68. The molecule has 2 saturated heterocycles. The smallest absolute Gasteiger partial charge is 0.137 e. The monoisotopic (exact) mass is 312 g/mol. The number of benzene rings is 1. The molecule has 2 aliphatic rings. The summed E-state index contributed by atoms with van der Waals surface area (Å²) in [6.45, 7) is 4.36. The molecule has 3 rings (SSSR count). The maximum Gasteiger partial charge on any atom is 0.137 e. The van der Waals surface area contributed by atoms with E-state index in [9.17, 15) is 4.39 Å². The number of nitrogens with zero attached hydrogens (tertiary/aromatic N) is 1. The molecule has 0 amide bonds. The third kappa shape index (κ3) is 2.46. The first-order valence-corrected chi connectivity index (χ1v) is 7.42. The Morgan fingerprint density at radius 2 is 2.28 bits per heavy atom. The topological polar surface area (TPSA) is 15.3 Å². The molecule has 1 N–H and O–H groups in total. The van der Waals surface area contributed by atoms with E-state index in [1.54, 1.807) is 6.07 Å². The second-order valence-corrected chi connectivity index (χ2v) is 6.20. The number of nitrogens with one attached hydrogen (secondary N) is 1. The normalized spacial score (nSPS) is 28.3. The van der Waals surface area contributed by atoms with Gasteiger partial charge in [0.25, 0.3) is 0 Å². The molecule has 2 nitrogen and oxygen atoms in total. The summed E-state index contributed by atoms with van der Waals surface area (Å²) >= 11 is 3.26. The molecule has 1 aromatic rings. The standard InChI is InChI=1S/C14H18BrFN2/c15-12-6-10(3-4-13(12)16)9-18-5-1-2-11-7-17-8-14(11)18/h3-4,6,11,14,17H,1-2,5,7-9H2. The maximum atomic E-state index is 13.2. The van der Waals surface area contributed by atoms with E-state index in [-0.39, 0.29) is 5.82 Å². The van der Waals surface area contributed by atoms with Crippen molar-refractivity contribution in [3.63, 3.8) is 0 Å². The third-order valence-corrected chi connectivity index (χ3v) is 4.77. The minimum atomic E-state index is -0.183. The lowest BCUT2D eigenvalue weighted by Gasteiger charge is -2.37. The largest absolute Gasteiger partial charge is 0.315 e. The molecule has 0 radical (unpaired) electrons. The van der Waals surface area contributed by atoms with E-state index in [2.05, 4.69) is 26.1 Å². The molecule has 98 valence electrons. The van der Waals surface area contributed by atoms with Crippen LogP contribution in [0, 0.1) is 11.7 Å². The third-order valence-electron chi connectivity index (χ3n) is 4.16. The minimum Gasteiger partial charge on any atom is -0.315 e. The lowest BCUT2D eigenvalue weighted by Crippen LogP contribution is -2.44. The fraction of sp³-hybridized carbons (Fsp3) is 0.571. The van der Waals surface area contributed by atoms with E-state index in [1.807, 2.05) is 12.1 Å². The highest BCUT2D eigenvalue weighted by molar-refractivity contribution is 9.10. The first-order valence-electron chi connectivity index (χ1n) is 6.63. The molecule has 2 fully saturated rings. The van der Waals surface area contributed by atoms with Gasteiger partial charge >= 0.3 is 0 Å². The number of halogens is 2. The van der Waals surface area contributed by atoms with Crippen molar-refractivity contribution in [1.82, 2.24) is 10.2 Å². The average Bonchev–Trinajstić information content (AvgIpc) is 2.83. The minimum absolute atomic E-state index is 0.183. The first-order chi connectivity index (χ1) is 8.74. The van der Waals surface area contributed by atoms with Crippen molar-refractivity contribution >= 4 is 15.9 Å². The molecule has 2 atom stereocenters. The zero-order chi connectivity index (χ0) is 12.5. The van der Waals surface area contributed by atoms with Gasteiger partial charge in [-0.1, -0.05) is 6.07 Å². The van der Waals surface area contributed by atoms with Gasteiger partial charge in [0, 0.05) is 19.1 Å². The second kappa shape index (κ2) is 5.27. The van der Waals surface area contributed by atoms with Gasteiger partial charge in [-0.3, -0.25) is 4.90 Å². The van der Waals surface area contributed by atoms with E-state index in [0.717, 1.165) is 32.1 Å². The van der Waals surface area contributed by atoms with Gasteiger partial charge in [-0.25, -0.2) is 4.39 Å². The van der Waals surface area contributed by atoms with Crippen LogP contribution in [0.5, 0.6) is 0 Å². The van der Waals surface area contributed by atoms with Crippen molar-refractivity contribution in [3.8, 4) is 0 Å². The zero-order valence-electron chi connectivity index (χ0n) is 10.3. The lowest BCUT2D eigenvalue weighted by molar-refractivity contribution is 0.117. The molecule has 0 aromatic heterocycles. The molecule has 4 heteroatoms. The van der Waals surface area contributed by atoms with Crippen LogP contribution in [0.2, 0.25) is 0 Å². The number of fused-ring (bicyclic) bond motifs is 1. The van der Waals surface area contributed by atoms with E-state index < -0.39 is 0 Å². The average molecular weight is 313 g/mol. The van der Waals surface area contributed by atoms with Crippen LogP contribution in [0.25, 0.3) is 0 Å². The van der Waals surface area contributed by atoms with Gasteiger partial charge in [-0.15, -0.1) is 0 Å². The Labute approximate surface area is 116 Å². The van der Waals surface area contributed by atoms with Gasteiger partial charge in [0.05, 0.1) is 4.47 Å². The van der Waals surface area contributed by atoms with Crippen molar-refractivity contribution in [1.29, 1.82) is 0 Å². The number of piperidine rings is 1. The van der Waals surface area contributed by atoms with Crippen molar-refractivity contribution in [2.75, 3.05) is 19.6 Å². The van der Waals surface area contributed by atoms with Gasteiger partial charge in [-0.05, 0) is 65.5 Å². The van der Waals surface area contributed by atoms with Gasteiger partial charge in [-0.2, -0.15) is 0 Å².